The number of hydrogen-bond acceptors (Lipinski definition) is 7. The summed E-state index contributed by atoms with van der Waals surface area (Å²) in [6.45, 7) is 8.29. The Labute approximate surface area is 264 Å². The molecule has 11 heteroatoms. The fourth-order valence-electron chi connectivity index (χ4n) is 5.36. The Morgan fingerprint density at radius 3 is 1.91 bits per heavy atom. The van der Waals surface area contributed by atoms with Gasteiger partial charge >= 0.3 is 18.0 Å². The molecule has 0 bridgehead atoms. The molecule has 1 aliphatic heterocycles. The molecule has 0 radical (unpaired) electrons. The minimum atomic E-state index is -1.04. The Balaban J connectivity index is 2.61. The second-order valence-corrected chi connectivity index (χ2v) is 13.1. The van der Waals surface area contributed by atoms with E-state index in [4.69, 9.17) is 20.3 Å². The first-order chi connectivity index (χ1) is 20.8. The number of carbonyl (C=O) groups is 5. The molecular weight excluding hydrogens is 566 g/mol. The number of piperidine rings is 1. The molecule has 1 rings (SSSR count). The number of carboxylic acid groups (broad SMARTS) is 1. The highest BCUT2D eigenvalue weighted by Gasteiger charge is 2.33. The van der Waals surface area contributed by atoms with Gasteiger partial charge in [0, 0.05) is 25.4 Å². The van der Waals surface area contributed by atoms with Crippen molar-refractivity contribution in [1.29, 1.82) is 0 Å². The molecule has 254 valence electrons. The molecule has 3 amide bonds. The summed E-state index contributed by atoms with van der Waals surface area (Å²) in [5, 5.41) is 11.8. The predicted octanol–water partition coefficient (Wildman–Crippen LogP) is 5.86. The monoisotopic (exact) mass is 625 g/mol. The second kappa shape index (κ2) is 21.8. The Morgan fingerprint density at radius 1 is 0.864 bits per heavy atom. The summed E-state index contributed by atoms with van der Waals surface area (Å²) in [4.78, 5) is 63.0. The highest BCUT2D eigenvalue weighted by atomic mass is 16.6. The van der Waals surface area contributed by atoms with E-state index >= 15 is 0 Å². The van der Waals surface area contributed by atoms with E-state index in [1.54, 1.807) is 25.7 Å². The third kappa shape index (κ3) is 18.7. The lowest BCUT2D eigenvalue weighted by Crippen LogP contribution is -2.49. The van der Waals surface area contributed by atoms with Gasteiger partial charge in [-0.25, -0.2) is 9.59 Å². The Hall–Kier alpha value is -2.85. The van der Waals surface area contributed by atoms with E-state index in [0.29, 0.717) is 32.4 Å². The van der Waals surface area contributed by atoms with Crippen LogP contribution in [-0.2, 0) is 28.7 Å². The zero-order valence-electron chi connectivity index (χ0n) is 27.7. The van der Waals surface area contributed by atoms with Crippen LogP contribution < -0.4 is 11.1 Å². The van der Waals surface area contributed by atoms with E-state index in [-0.39, 0.29) is 31.6 Å². The van der Waals surface area contributed by atoms with Crippen LogP contribution in [0.15, 0.2) is 0 Å². The van der Waals surface area contributed by atoms with Crippen molar-refractivity contribution in [1.82, 2.24) is 10.2 Å². The van der Waals surface area contributed by atoms with Gasteiger partial charge in [0.05, 0.1) is 6.42 Å². The maximum absolute atomic E-state index is 13.2. The summed E-state index contributed by atoms with van der Waals surface area (Å²) in [5.74, 6) is -3.02. The van der Waals surface area contributed by atoms with Crippen LogP contribution in [0.5, 0.6) is 0 Å². The van der Waals surface area contributed by atoms with Crippen molar-refractivity contribution in [2.45, 2.75) is 161 Å². The van der Waals surface area contributed by atoms with E-state index in [1.165, 1.54) is 44.9 Å². The van der Waals surface area contributed by atoms with Crippen LogP contribution >= 0.6 is 0 Å². The molecule has 11 nitrogen and oxygen atoms in total. The summed E-state index contributed by atoms with van der Waals surface area (Å²) in [7, 11) is 0. The normalized spacial score (nSPS) is 15.3. The van der Waals surface area contributed by atoms with Crippen LogP contribution in [0.2, 0.25) is 0 Å². The van der Waals surface area contributed by atoms with Gasteiger partial charge in [0.2, 0.25) is 11.8 Å². The molecule has 0 aromatic heterocycles. The lowest BCUT2D eigenvalue weighted by atomic mass is 9.95. The van der Waals surface area contributed by atoms with Crippen LogP contribution in [-0.4, -0.2) is 70.7 Å². The molecule has 1 aliphatic rings. The number of aliphatic carboxylic acids is 1. The van der Waals surface area contributed by atoms with Gasteiger partial charge in [-0.15, -0.1) is 0 Å². The van der Waals surface area contributed by atoms with Crippen molar-refractivity contribution in [3.8, 4) is 0 Å². The van der Waals surface area contributed by atoms with E-state index in [2.05, 4.69) is 12.2 Å². The Morgan fingerprint density at radius 2 is 1.41 bits per heavy atom. The first kappa shape index (κ1) is 39.2. The van der Waals surface area contributed by atoms with Crippen molar-refractivity contribution in [3.05, 3.63) is 0 Å². The molecule has 0 unspecified atom stereocenters. The Kier molecular flexibility index (Phi) is 19.4. The third-order valence-corrected chi connectivity index (χ3v) is 7.84. The SMILES string of the molecule is CCCCCCCCCCCCC[C@@H](CC(N)=O)OC(=O)[C@H](CCCC(=O)O)NC(=O)C1CCN(C(=O)OC(C)(C)C)CC1. The van der Waals surface area contributed by atoms with Crippen LogP contribution in [0.4, 0.5) is 4.79 Å². The van der Waals surface area contributed by atoms with E-state index in [1.807, 2.05) is 0 Å². The molecular formula is C33H59N3O8. The highest BCUT2D eigenvalue weighted by molar-refractivity contribution is 5.86. The molecule has 1 fully saturated rings. The number of esters is 1. The number of primary amides is 1. The third-order valence-electron chi connectivity index (χ3n) is 7.84. The number of carbonyl (C=O) groups excluding carboxylic acids is 4. The molecule has 1 heterocycles. The number of unbranched alkanes of at least 4 members (excludes halogenated alkanes) is 10. The first-order valence-electron chi connectivity index (χ1n) is 16.8. The van der Waals surface area contributed by atoms with Crippen molar-refractivity contribution in [2.24, 2.45) is 11.7 Å². The number of nitrogens with zero attached hydrogens (tertiary/aromatic N) is 1. The van der Waals surface area contributed by atoms with Crippen molar-refractivity contribution >= 4 is 29.8 Å². The standard InChI is InChI=1S/C33H59N3O8/c1-5-6-7-8-9-10-11-12-13-14-15-17-26(24-28(34)37)43-31(41)27(18-16-19-29(38)39)35-30(40)25-20-22-36(23-21-25)32(42)44-33(2,3)4/h25-27H,5-24H2,1-4H3,(H2,34,37)(H,35,40)(H,38,39)/t26-,27-/m0/s1. The molecule has 2 atom stereocenters. The quantitative estimate of drug-likeness (QED) is 0.0994. The number of rotatable bonds is 22. The summed E-state index contributed by atoms with van der Waals surface area (Å²) < 4.78 is 11.1. The summed E-state index contributed by atoms with van der Waals surface area (Å²) in [6, 6.07) is -1.04. The van der Waals surface area contributed by atoms with Crippen molar-refractivity contribution < 1.29 is 38.6 Å². The topological polar surface area (TPSA) is 165 Å². The van der Waals surface area contributed by atoms with Gasteiger partial charge in [0.1, 0.15) is 17.7 Å². The van der Waals surface area contributed by atoms with E-state index in [9.17, 15) is 24.0 Å². The molecule has 0 aliphatic carbocycles. The van der Waals surface area contributed by atoms with Gasteiger partial charge in [-0.1, -0.05) is 71.1 Å². The number of carboxylic acids is 1. The molecule has 44 heavy (non-hydrogen) atoms. The molecule has 0 aromatic rings. The number of hydrogen-bond donors (Lipinski definition) is 3. The predicted molar refractivity (Wildman–Crippen MR) is 169 cm³/mol. The maximum atomic E-state index is 13.2. The molecule has 0 aromatic carbocycles. The lowest BCUT2D eigenvalue weighted by molar-refractivity contribution is -0.155. The van der Waals surface area contributed by atoms with Crippen molar-refractivity contribution in [2.75, 3.05) is 13.1 Å². The zero-order chi connectivity index (χ0) is 33.0. The van der Waals surface area contributed by atoms with Crippen LogP contribution in [0.1, 0.15) is 143 Å². The first-order valence-corrected chi connectivity index (χ1v) is 16.8. The Bertz CT molecular complexity index is 881. The average molecular weight is 626 g/mol. The van der Waals surface area contributed by atoms with Gasteiger partial charge in [-0.3, -0.25) is 14.4 Å². The average Bonchev–Trinajstić information content (AvgIpc) is 2.93. The number of amides is 3. The van der Waals surface area contributed by atoms with E-state index in [0.717, 1.165) is 25.7 Å². The van der Waals surface area contributed by atoms with Gasteiger partial charge in [0.25, 0.3) is 0 Å². The number of likely N-dealkylation sites (tertiary alicyclic amines) is 1. The van der Waals surface area contributed by atoms with Gasteiger partial charge in [-0.2, -0.15) is 0 Å². The summed E-state index contributed by atoms with van der Waals surface area (Å²) in [5.41, 5.74) is 4.81. The fraction of sp³-hybridized carbons (Fsp3) is 0.848. The van der Waals surface area contributed by atoms with E-state index < -0.39 is 47.6 Å². The molecule has 1 saturated heterocycles. The highest BCUT2D eigenvalue weighted by Crippen LogP contribution is 2.21. The van der Waals surface area contributed by atoms with Crippen LogP contribution in [0.25, 0.3) is 0 Å². The molecule has 4 N–H and O–H groups in total. The lowest BCUT2D eigenvalue weighted by Gasteiger charge is -2.33. The summed E-state index contributed by atoms with van der Waals surface area (Å²) >= 11 is 0. The van der Waals surface area contributed by atoms with Crippen LogP contribution in [0, 0.1) is 5.92 Å². The van der Waals surface area contributed by atoms with Gasteiger partial charge in [-0.05, 0) is 59.3 Å². The fourth-order valence-corrected chi connectivity index (χ4v) is 5.36. The maximum Gasteiger partial charge on any atom is 0.410 e. The minimum Gasteiger partial charge on any atom is -0.481 e. The molecule has 0 saturated carbocycles. The van der Waals surface area contributed by atoms with Gasteiger partial charge in [0.15, 0.2) is 0 Å². The van der Waals surface area contributed by atoms with Gasteiger partial charge < -0.3 is 30.5 Å². The largest absolute Gasteiger partial charge is 0.481 e. The minimum absolute atomic E-state index is 0.0926. The number of nitrogens with two attached hydrogens (primary N) is 1. The summed E-state index contributed by atoms with van der Waals surface area (Å²) in [6.07, 6.45) is 13.1. The molecule has 0 spiro atoms. The second-order valence-electron chi connectivity index (χ2n) is 13.1. The number of nitrogens with one attached hydrogen (secondary N) is 1. The van der Waals surface area contributed by atoms with Crippen LogP contribution in [0.3, 0.4) is 0 Å². The smallest absolute Gasteiger partial charge is 0.410 e. The number of ether oxygens (including phenoxy) is 2. The zero-order valence-corrected chi connectivity index (χ0v) is 27.7. The van der Waals surface area contributed by atoms with Crippen molar-refractivity contribution in [3.63, 3.8) is 0 Å².